The lowest BCUT2D eigenvalue weighted by atomic mass is 10.3. The monoisotopic (exact) mass is 220 g/mol. The van der Waals surface area contributed by atoms with Gasteiger partial charge in [-0.15, -0.1) is 11.3 Å². The standard InChI is InChI=1S/C5H5BrN2OS/c6-4-3(1-2-10-4)5(9)8-7/h1-2H,7H2,(H,8,9). The van der Waals surface area contributed by atoms with E-state index in [0.29, 0.717) is 5.56 Å². The third kappa shape index (κ3) is 1.36. The van der Waals surface area contributed by atoms with Gasteiger partial charge in [-0.1, -0.05) is 0 Å². The molecule has 54 valence electrons. The Morgan fingerprint density at radius 2 is 2.50 bits per heavy atom. The Hall–Kier alpha value is -0.390. The summed E-state index contributed by atoms with van der Waals surface area (Å²) in [5.74, 6) is 4.65. The Bertz CT molecular complexity index is 248. The molecule has 3 N–H and O–H groups in total. The van der Waals surface area contributed by atoms with E-state index in [0.717, 1.165) is 3.79 Å². The highest BCUT2D eigenvalue weighted by Crippen LogP contribution is 2.22. The van der Waals surface area contributed by atoms with Gasteiger partial charge in [-0.25, -0.2) is 5.84 Å². The van der Waals surface area contributed by atoms with Crippen molar-refractivity contribution in [3.63, 3.8) is 0 Å². The van der Waals surface area contributed by atoms with E-state index >= 15 is 0 Å². The number of nitrogens with one attached hydrogen (secondary N) is 1. The van der Waals surface area contributed by atoms with Gasteiger partial charge in [0.1, 0.15) is 0 Å². The van der Waals surface area contributed by atoms with E-state index in [1.165, 1.54) is 11.3 Å². The number of carbonyl (C=O) groups is 1. The summed E-state index contributed by atoms with van der Waals surface area (Å²) >= 11 is 4.66. The molecule has 0 aromatic carbocycles. The minimum absolute atomic E-state index is 0.270. The van der Waals surface area contributed by atoms with Crippen molar-refractivity contribution in [2.45, 2.75) is 0 Å². The van der Waals surface area contributed by atoms with Crippen LogP contribution in [0.2, 0.25) is 0 Å². The highest BCUT2D eigenvalue weighted by Gasteiger charge is 2.07. The summed E-state index contributed by atoms with van der Waals surface area (Å²) in [5.41, 5.74) is 2.62. The number of nitrogen functional groups attached to an aromatic ring is 1. The second kappa shape index (κ2) is 3.14. The van der Waals surface area contributed by atoms with Crippen LogP contribution in [0.5, 0.6) is 0 Å². The molecule has 0 aliphatic carbocycles. The zero-order chi connectivity index (χ0) is 7.56. The highest BCUT2D eigenvalue weighted by molar-refractivity contribution is 9.11. The zero-order valence-corrected chi connectivity index (χ0v) is 7.33. The molecule has 3 nitrogen and oxygen atoms in total. The molecular formula is C5H5BrN2OS. The van der Waals surface area contributed by atoms with Crippen LogP contribution >= 0.6 is 27.3 Å². The van der Waals surface area contributed by atoms with Crippen molar-refractivity contribution in [3.05, 3.63) is 20.8 Å². The average Bonchev–Trinajstić information content (AvgIpc) is 2.34. The molecule has 1 heterocycles. The molecule has 0 fully saturated rings. The van der Waals surface area contributed by atoms with E-state index < -0.39 is 0 Å². The molecule has 1 rings (SSSR count). The quantitative estimate of drug-likeness (QED) is 0.424. The largest absolute Gasteiger partial charge is 0.290 e. The number of halogens is 1. The first kappa shape index (κ1) is 7.71. The number of hydrogen-bond donors (Lipinski definition) is 2. The Morgan fingerprint density at radius 1 is 1.80 bits per heavy atom. The Labute approximate surface area is 70.3 Å². The molecular weight excluding hydrogens is 216 g/mol. The predicted octanol–water partition coefficient (Wildman–Crippen LogP) is 1.11. The molecule has 1 aromatic rings. The first-order valence-electron chi connectivity index (χ1n) is 2.49. The lowest BCUT2D eigenvalue weighted by Gasteiger charge is -1.93. The summed E-state index contributed by atoms with van der Waals surface area (Å²) in [5, 5.41) is 1.81. The molecule has 0 unspecified atom stereocenters. The van der Waals surface area contributed by atoms with E-state index in [1.807, 2.05) is 10.8 Å². The van der Waals surface area contributed by atoms with Crippen molar-refractivity contribution in [1.82, 2.24) is 5.43 Å². The van der Waals surface area contributed by atoms with E-state index in [4.69, 9.17) is 5.84 Å². The minimum atomic E-state index is -0.270. The van der Waals surface area contributed by atoms with Crippen LogP contribution in [0, 0.1) is 0 Å². The van der Waals surface area contributed by atoms with Gasteiger partial charge in [0, 0.05) is 0 Å². The molecule has 1 aromatic heterocycles. The van der Waals surface area contributed by atoms with Crippen molar-refractivity contribution in [2.75, 3.05) is 0 Å². The van der Waals surface area contributed by atoms with Crippen LogP contribution in [0.15, 0.2) is 15.2 Å². The van der Waals surface area contributed by atoms with Crippen LogP contribution < -0.4 is 11.3 Å². The number of hydrazine groups is 1. The zero-order valence-electron chi connectivity index (χ0n) is 4.93. The summed E-state index contributed by atoms with van der Waals surface area (Å²) in [7, 11) is 0. The summed E-state index contributed by atoms with van der Waals surface area (Å²) < 4.78 is 0.801. The normalized spacial score (nSPS) is 9.40. The van der Waals surface area contributed by atoms with Gasteiger partial charge >= 0.3 is 0 Å². The molecule has 10 heavy (non-hydrogen) atoms. The summed E-state index contributed by atoms with van der Waals surface area (Å²) in [4.78, 5) is 10.8. The minimum Gasteiger partial charge on any atom is -0.290 e. The van der Waals surface area contributed by atoms with Crippen LogP contribution in [0.4, 0.5) is 0 Å². The molecule has 0 spiro atoms. The summed E-state index contributed by atoms with van der Waals surface area (Å²) in [6.07, 6.45) is 0. The maximum atomic E-state index is 10.8. The number of nitrogens with two attached hydrogens (primary N) is 1. The maximum absolute atomic E-state index is 10.8. The first-order chi connectivity index (χ1) is 4.75. The third-order valence-electron chi connectivity index (χ3n) is 0.994. The first-order valence-corrected chi connectivity index (χ1v) is 4.17. The van der Waals surface area contributed by atoms with Crippen molar-refractivity contribution in [1.29, 1.82) is 0 Å². The molecule has 0 aliphatic rings. The SMILES string of the molecule is NNC(=O)c1ccsc1Br. The number of rotatable bonds is 1. The van der Waals surface area contributed by atoms with Gasteiger partial charge in [0.15, 0.2) is 0 Å². The fourth-order valence-corrected chi connectivity index (χ4v) is 1.78. The van der Waals surface area contributed by atoms with Crippen LogP contribution in [-0.4, -0.2) is 5.91 Å². The Balaban J connectivity index is 2.93. The van der Waals surface area contributed by atoms with E-state index in [1.54, 1.807) is 6.07 Å². The van der Waals surface area contributed by atoms with Gasteiger partial charge in [-0.05, 0) is 27.4 Å². The van der Waals surface area contributed by atoms with Crippen LogP contribution in [0.25, 0.3) is 0 Å². The fraction of sp³-hybridized carbons (Fsp3) is 0. The number of amides is 1. The second-order valence-electron chi connectivity index (χ2n) is 1.58. The average molecular weight is 221 g/mol. The lowest BCUT2D eigenvalue weighted by Crippen LogP contribution is -2.29. The molecule has 0 saturated carbocycles. The van der Waals surface area contributed by atoms with Gasteiger partial charge in [0.05, 0.1) is 9.35 Å². The molecule has 0 bridgehead atoms. The van der Waals surface area contributed by atoms with Crippen LogP contribution in [0.1, 0.15) is 10.4 Å². The Morgan fingerprint density at radius 3 is 2.90 bits per heavy atom. The topological polar surface area (TPSA) is 55.1 Å². The van der Waals surface area contributed by atoms with E-state index in [9.17, 15) is 4.79 Å². The van der Waals surface area contributed by atoms with Gasteiger partial charge in [0.2, 0.25) is 0 Å². The molecule has 1 amide bonds. The fourth-order valence-electron chi connectivity index (χ4n) is 0.533. The number of hydrogen-bond acceptors (Lipinski definition) is 3. The highest BCUT2D eigenvalue weighted by atomic mass is 79.9. The van der Waals surface area contributed by atoms with E-state index in [2.05, 4.69) is 15.9 Å². The van der Waals surface area contributed by atoms with Gasteiger partial charge in [-0.2, -0.15) is 0 Å². The third-order valence-corrected chi connectivity index (χ3v) is 2.68. The number of carbonyl (C=O) groups excluding carboxylic acids is 1. The van der Waals surface area contributed by atoms with Crippen LogP contribution in [0.3, 0.4) is 0 Å². The van der Waals surface area contributed by atoms with Crippen molar-refractivity contribution in [3.8, 4) is 0 Å². The van der Waals surface area contributed by atoms with Crippen LogP contribution in [-0.2, 0) is 0 Å². The molecule has 0 radical (unpaired) electrons. The summed E-state index contributed by atoms with van der Waals surface area (Å²) in [6, 6.07) is 1.71. The summed E-state index contributed by atoms with van der Waals surface area (Å²) in [6.45, 7) is 0. The van der Waals surface area contributed by atoms with Crippen molar-refractivity contribution < 1.29 is 4.79 Å². The maximum Gasteiger partial charge on any atom is 0.267 e. The Kier molecular flexibility index (Phi) is 2.42. The van der Waals surface area contributed by atoms with Gasteiger partial charge in [0.25, 0.3) is 5.91 Å². The van der Waals surface area contributed by atoms with Crippen molar-refractivity contribution in [2.24, 2.45) is 5.84 Å². The number of thiophene rings is 1. The second-order valence-corrected chi connectivity index (χ2v) is 3.82. The van der Waals surface area contributed by atoms with Gasteiger partial charge in [-0.3, -0.25) is 10.2 Å². The molecule has 0 aliphatic heterocycles. The lowest BCUT2D eigenvalue weighted by molar-refractivity contribution is 0.0953. The molecule has 0 atom stereocenters. The van der Waals surface area contributed by atoms with E-state index in [-0.39, 0.29) is 5.91 Å². The predicted molar refractivity (Wildman–Crippen MR) is 43.7 cm³/mol. The molecule has 5 heteroatoms. The molecule has 0 saturated heterocycles. The smallest absolute Gasteiger partial charge is 0.267 e. The van der Waals surface area contributed by atoms with Gasteiger partial charge < -0.3 is 0 Å². The van der Waals surface area contributed by atoms with Crippen molar-refractivity contribution >= 4 is 33.2 Å².